The molecule has 202 valence electrons. The molecule has 2 aliphatic heterocycles. The van der Waals surface area contributed by atoms with E-state index >= 15 is 0 Å². The minimum atomic E-state index is -1.03. The van der Waals surface area contributed by atoms with Crippen molar-refractivity contribution >= 4 is 23.9 Å². The fraction of sp³-hybridized carbons (Fsp3) is 0.407. The molecule has 2 aromatic rings. The van der Waals surface area contributed by atoms with Gasteiger partial charge in [-0.05, 0) is 56.9 Å². The fourth-order valence-corrected chi connectivity index (χ4v) is 4.60. The number of nitrogens with one attached hydrogen (secondary N) is 2. The lowest BCUT2D eigenvalue weighted by Gasteiger charge is -2.33. The van der Waals surface area contributed by atoms with Gasteiger partial charge in [0.05, 0.1) is 6.04 Å². The van der Waals surface area contributed by atoms with E-state index in [9.17, 15) is 24.3 Å². The number of rotatable bonds is 7. The van der Waals surface area contributed by atoms with E-state index in [0.29, 0.717) is 24.9 Å². The molecule has 2 bridgehead atoms. The molecule has 0 saturated carbocycles. The number of nitrogens with zero attached hydrogens (tertiary/aromatic N) is 3. The average molecular weight is 524 g/mol. The van der Waals surface area contributed by atoms with Gasteiger partial charge >= 0.3 is 12.1 Å². The molecule has 2 saturated heterocycles. The largest absolute Gasteiger partial charge is 0.465 e. The van der Waals surface area contributed by atoms with Crippen molar-refractivity contribution in [1.82, 2.24) is 25.7 Å². The number of hydroxylamine groups is 2. The molecule has 0 aromatic heterocycles. The number of benzene rings is 2. The van der Waals surface area contributed by atoms with Gasteiger partial charge in [-0.2, -0.15) is 5.06 Å². The van der Waals surface area contributed by atoms with Crippen LogP contribution in [0.15, 0.2) is 54.6 Å². The minimum Gasteiger partial charge on any atom is -0.465 e. The second-order valence-corrected chi connectivity index (χ2v) is 10.4. The molecule has 2 unspecified atom stereocenters. The van der Waals surface area contributed by atoms with Crippen molar-refractivity contribution in [1.29, 1.82) is 0 Å². The van der Waals surface area contributed by atoms with E-state index < -0.39 is 29.5 Å². The molecule has 4 rings (SSSR count). The molecule has 3 N–H and O–H groups in total. The number of piperidine rings is 1. The smallest absolute Gasteiger partial charge is 0.408 e. The number of fused-ring (bicyclic) bond motifs is 2. The molecule has 5 amide bonds. The van der Waals surface area contributed by atoms with Crippen LogP contribution in [0.5, 0.6) is 0 Å². The molecule has 11 heteroatoms. The summed E-state index contributed by atoms with van der Waals surface area (Å²) in [6.45, 7) is 6.24. The van der Waals surface area contributed by atoms with Crippen LogP contribution >= 0.6 is 0 Å². The van der Waals surface area contributed by atoms with E-state index in [2.05, 4.69) is 10.9 Å². The SMILES string of the molecule is CC(C)(C)N(Cc1ccc(C(=O)NNC(=O)C2CCC3CN2C(=O)N3OCc2ccccc2)cc1)C(=O)O. The zero-order valence-electron chi connectivity index (χ0n) is 21.7. The van der Waals surface area contributed by atoms with Crippen LogP contribution in [-0.4, -0.2) is 68.1 Å². The van der Waals surface area contributed by atoms with Crippen molar-refractivity contribution in [3.05, 3.63) is 71.3 Å². The number of carbonyl (C=O) groups excluding carboxylic acids is 3. The molecular formula is C27H33N5O6. The maximum Gasteiger partial charge on any atom is 0.408 e. The number of hydrazine groups is 1. The molecule has 2 aromatic carbocycles. The van der Waals surface area contributed by atoms with Crippen LogP contribution in [0.25, 0.3) is 0 Å². The zero-order chi connectivity index (χ0) is 27.4. The van der Waals surface area contributed by atoms with Crippen LogP contribution in [0.1, 0.15) is 55.1 Å². The first kappa shape index (κ1) is 26.9. The third-order valence-corrected chi connectivity index (χ3v) is 6.74. The van der Waals surface area contributed by atoms with E-state index in [1.807, 2.05) is 51.1 Å². The Morgan fingerprint density at radius 3 is 2.32 bits per heavy atom. The van der Waals surface area contributed by atoms with Gasteiger partial charge in [-0.1, -0.05) is 42.5 Å². The molecule has 2 heterocycles. The topological polar surface area (TPSA) is 132 Å². The number of hydrogen-bond acceptors (Lipinski definition) is 5. The van der Waals surface area contributed by atoms with E-state index in [4.69, 9.17) is 4.84 Å². The lowest BCUT2D eigenvalue weighted by Crippen LogP contribution is -2.54. The van der Waals surface area contributed by atoms with E-state index in [1.165, 1.54) is 14.9 Å². The van der Waals surface area contributed by atoms with Gasteiger partial charge in [0.15, 0.2) is 0 Å². The van der Waals surface area contributed by atoms with Gasteiger partial charge in [0.1, 0.15) is 12.6 Å². The van der Waals surface area contributed by atoms with Crippen LogP contribution in [0.4, 0.5) is 9.59 Å². The van der Waals surface area contributed by atoms with Crippen molar-refractivity contribution < 1.29 is 29.1 Å². The summed E-state index contributed by atoms with van der Waals surface area (Å²) in [6, 6.07) is 14.8. The van der Waals surface area contributed by atoms with Crippen molar-refractivity contribution in [3.8, 4) is 0 Å². The molecule has 11 nitrogen and oxygen atoms in total. The highest BCUT2D eigenvalue weighted by Gasteiger charge is 2.48. The summed E-state index contributed by atoms with van der Waals surface area (Å²) in [4.78, 5) is 58.5. The molecule has 2 atom stereocenters. The fourth-order valence-electron chi connectivity index (χ4n) is 4.60. The van der Waals surface area contributed by atoms with E-state index in [-0.39, 0.29) is 25.2 Å². The Morgan fingerprint density at radius 1 is 1.00 bits per heavy atom. The first-order valence-corrected chi connectivity index (χ1v) is 12.5. The summed E-state index contributed by atoms with van der Waals surface area (Å²) in [5, 5.41) is 10.8. The predicted molar refractivity (Wildman–Crippen MR) is 137 cm³/mol. The molecule has 0 radical (unpaired) electrons. The van der Waals surface area contributed by atoms with Gasteiger partial charge < -0.3 is 10.0 Å². The quantitative estimate of drug-likeness (QED) is 0.478. The molecular weight excluding hydrogens is 490 g/mol. The highest BCUT2D eigenvalue weighted by Crippen LogP contribution is 2.30. The predicted octanol–water partition coefficient (Wildman–Crippen LogP) is 3.13. The summed E-state index contributed by atoms with van der Waals surface area (Å²) in [5.74, 6) is -1.00. The van der Waals surface area contributed by atoms with Gasteiger partial charge in [-0.25, -0.2) is 9.59 Å². The highest BCUT2D eigenvalue weighted by atomic mass is 16.7. The number of urea groups is 1. The molecule has 0 aliphatic carbocycles. The van der Waals surface area contributed by atoms with Crippen molar-refractivity contribution in [2.24, 2.45) is 0 Å². The zero-order valence-corrected chi connectivity index (χ0v) is 21.7. The number of carbonyl (C=O) groups is 4. The highest BCUT2D eigenvalue weighted by molar-refractivity contribution is 5.96. The summed E-state index contributed by atoms with van der Waals surface area (Å²) >= 11 is 0. The average Bonchev–Trinajstić information content (AvgIpc) is 3.13. The molecule has 38 heavy (non-hydrogen) atoms. The first-order chi connectivity index (χ1) is 18.0. The van der Waals surface area contributed by atoms with Gasteiger partial charge in [-0.3, -0.25) is 30.2 Å². The van der Waals surface area contributed by atoms with Crippen molar-refractivity contribution in [3.63, 3.8) is 0 Å². The second kappa shape index (κ2) is 11.1. The Morgan fingerprint density at radius 2 is 1.68 bits per heavy atom. The maximum atomic E-state index is 12.9. The van der Waals surface area contributed by atoms with Crippen molar-refractivity contribution in [2.75, 3.05) is 6.54 Å². The Kier molecular flexibility index (Phi) is 7.86. The summed E-state index contributed by atoms with van der Waals surface area (Å²) in [7, 11) is 0. The normalized spacial score (nSPS) is 18.8. The van der Waals surface area contributed by atoms with Crippen LogP contribution in [-0.2, 0) is 22.8 Å². The van der Waals surface area contributed by atoms with Crippen LogP contribution in [0, 0.1) is 0 Å². The van der Waals surface area contributed by atoms with Gasteiger partial charge in [-0.15, -0.1) is 0 Å². The molecule has 2 fully saturated rings. The van der Waals surface area contributed by atoms with Crippen LogP contribution in [0.2, 0.25) is 0 Å². The number of carboxylic acid groups (broad SMARTS) is 1. The summed E-state index contributed by atoms with van der Waals surface area (Å²) in [6.07, 6.45) is 0.0246. The standard InChI is InChI=1S/C27H33N5O6/c1-27(2,3)31(26(36)37)15-18-9-11-20(12-10-18)23(33)28-29-24(34)22-14-13-21-16-30(22)25(35)32(21)38-17-19-7-5-4-6-8-19/h4-12,21-22H,13-17H2,1-3H3,(H,28,33)(H,29,34)(H,36,37). The Balaban J connectivity index is 1.29. The Hall–Kier alpha value is -4.12. The molecule has 0 spiro atoms. The third kappa shape index (κ3) is 6.05. The van der Waals surface area contributed by atoms with Crippen molar-refractivity contribution in [2.45, 2.75) is 64.4 Å². The number of hydrogen-bond donors (Lipinski definition) is 3. The Bertz CT molecular complexity index is 1180. The van der Waals surface area contributed by atoms with E-state index in [0.717, 1.165) is 11.1 Å². The second-order valence-electron chi connectivity index (χ2n) is 10.4. The van der Waals surface area contributed by atoms with Crippen LogP contribution in [0.3, 0.4) is 0 Å². The van der Waals surface area contributed by atoms with Gasteiger partial charge in [0.25, 0.3) is 11.8 Å². The summed E-state index contributed by atoms with van der Waals surface area (Å²) < 4.78 is 0. The lowest BCUT2D eigenvalue weighted by atomic mass is 10.0. The van der Waals surface area contributed by atoms with Gasteiger partial charge in [0.2, 0.25) is 0 Å². The van der Waals surface area contributed by atoms with Crippen LogP contribution < -0.4 is 10.9 Å². The Labute approximate surface area is 221 Å². The third-order valence-electron chi connectivity index (χ3n) is 6.74. The molecule has 2 aliphatic rings. The number of amides is 5. The lowest BCUT2D eigenvalue weighted by molar-refractivity contribution is -0.140. The minimum absolute atomic E-state index is 0.126. The first-order valence-electron chi connectivity index (χ1n) is 12.5. The van der Waals surface area contributed by atoms with E-state index in [1.54, 1.807) is 24.3 Å². The summed E-state index contributed by atoms with van der Waals surface area (Å²) in [5.41, 5.74) is 6.23. The van der Waals surface area contributed by atoms with Gasteiger partial charge in [0, 0.05) is 24.2 Å². The monoisotopic (exact) mass is 523 g/mol. The maximum absolute atomic E-state index is 12.9.